The van der Waals surface area contributed by atoms with Gasteiger partial charge in [0.05, 0.1) is 0 Å². The summed E-state index contributed by atoms with van der Waals surface area (Å²) in [6.07, 6.45) is 26.9. The summed E-state index contributed by atoms with van der Waals surface area (Å²) in [5, 5.41) is 18.6. The van der Waals surface area contributed by atoms with Gasteiger partial charge in [0.1, 0.15) is 29.2 Å². The highest BCUT2D eigenvalue weighted by Crippen LogP contribution is 2.29. The second-order valence-corrected chi connectivity index (χ2v) is 20.5. The monoisotopic (exact) mass is 1020 g/mol. The summed E-state index contributed by atoms with van der Waals surface area (Å²) in [6, 6.07) is 11.6. The predicted molar refractivity (Wildman–Crippen MR) is 287 cm³/mol. The standard InChI is InChI=1S/C55H78N4O10S2/c1-6-7-8-9-10-11-12-13-14-15-16-17-18-19-20-21-22-31-50(63)67-41-55(4,5)51(69-54(66)45-28-24-26-30-47(45)68-53(65)44-27-23-25-29-46(44)60)52(64)59-33-32-48(61)57-34-36-70-71-37-35-58-49(62)39-43(40-56)38-42(2)3/h7-8,10-11,13-14,16-17,19-20,23-30,42-43,51,60H,6,9,12,15,18,21-22,31-41,56H2,1-5H3,(H,57,61)(H,58,62)(H,59,64)/b8-7-,11-10-,14-13-,17-16-,20-19+/t43-,51-/m0/s1. The Morgan fingerprint density at radius 1 is 0.704 bits per heavy atom. The van der Waals surface area contributed by atoms with E-state index in [1.807, 2.05) is 12.2 Å². The van der Waals surface area contributed by atoms with E-state index in [9.17, 15) is 33.9 Å². The van der Waals surface area contributed by atoms with Crippen LogP contribution in [0.1, 0.15) is 126 Å². The molecule has 2 atom stereocenters. The van der Waals surface area contributed by atoms with Crippen LogP contribution in [0.15, 0.2) is 109 Å². The SMILES string of the molecule is CC/C=C\C/C=C\C/C=C\C/C=C\C/C=C/CCCC(=O)OCC(C)(C)[C@@H](OC(=O)c1ccccc1OC(=O)c1ccccc1O)C(=O)NCCC(=O)NCCSSCCNC(=O)C[C@@H](CN)CC(C)C. The van der Waals surface area contributed by atoms with E-state index in [1.165, 1.54) is 36.4 Å². The van der Waals surface area contributed by atoms with Gasteiger partial charge in [-0.15, -0.1) is 0 Å². The van der Waals surface area contributed by atoms with Crippen molar-refractivity contribution in [3.63, 3.8) is 0 Å². The second kappa shape index (κ2) is 37.2. The molecule has 0 saturated carbocycles. The van der Waals surface area contributed by atoms with E-state index >= 15 is 0 Å². The number of carbonyl (C=O) groups excluding carboxylic acids is 6. The van der Waals surface area contributed by atoms with Crippen LogP contribution in [0.5, 0.6) is 11.5 Å². The van der Waals surface area contributed by atoms with Crippen LogP contribution in [0, 0.1) is 17.3 Å². The number of phenols is 1. The molecule has 0 unspecified atom stereocenters. The lowest BCUT2D eigenvalue weighted by Gasteiger charge is -2.32. The topological polar surface area (TPSA) is 212 Å². The first-order valence-electron chi connectivity index (χ1n) is 24.6. The Balaban J connectivity index is 1.93. The molecule has 0 bridgehead atoms. The number of phenolic OH excluding ortho intramolecular Hbond substituents is 1. The Morgan fingerprint density at radius 2 is 1.27 bits per heavy atom. The zero-order chi connectivity index (χ0) is 52.1. The Kier molecular flexibility index (Phi) is 32.3. The Labute approximate surface area is 429 Å². The van der Waals surface area contributed by atoms with Crippen molar-refractivity contribution in [1.82, 2.24) is 16.0 Å². The number of benzene rings is 2. The lowest BCUT2D eigenvalue weighted by Crippen LogP contribution is -2.49. The fourth-order valence-corrected chi connectivity index (χ4v) is 8.55. The average molecular weight is 1020 g/mol. The zero-order valence-electron chi connectivity index (χ0n) is 42.4. The third-order valence-corrected chi connectivity index (χ3v) is 12.9. The fourth-order valence-electron chi connectivity index (χ4n) is 6.74. The predicted octanol–water partition coefficient (Wildman–Crippen LogP) is 9.76. The number of allylic oxidation sites excluding steroid dienone is 10. The highest BCUT2D eigenvalue weighted by Gasteiger charge is 2.40. The Morgan fingerprint density at radius 3 is 1.86 bits per heavy atom. The van der Waals surface area contributed by atoms with Crippen LogP contribution in [0.25, 0.3) is 0 Å². The van der Waals surface area contributed by atoms with Crippen molar-refractivity contribution in [3.8, 4) is 11.5 Å². The average Bonchev–Trinajstić information content (AvgIpc) is 3.34. The molecular weight excluding hydrogens is 941 g/mol. The van der Waals surface area contributed by atoms with E-state index in [2.05, 4.69) is 85.3 Å². The molecule has 2 aromatic carbocycles. The van der Waals surface area contributed by atoms with Crippen LogP contribution in [0.2, 0.25) is 0 Å². The molecule has 6 N–H and O–H groups in total. The molecule has 2 aromatic rings. The molecule has 0 aliphatic carbocycles. The quantitative estimate of drug-likeness (QED) is 0.0142. The van der Waals surface area contributed by atoms with Gasteiger partial charge in [0.2, 0.25) is 11.8 Å². The van der Waals surface area contributed by atoms with Gasteiger partial charge in [-0.1, -0.05) is 141 Å². The van der Waals surface area contributed by atoms with E-state index in [4.69, 9.17) is 19.9 Å². The molecule has 0 spiro atoms. The molecule has 14 nitrogen and oxygen atoms in total. The first-order valence-corrected chi connectivity index (χ1v) is 27.1. The summed E-state index contributed by atoms with van der Waals surface area (Å²) >= 11 is 0. The van der Waals surface area contributed by atoms with Crippen molar-refractivity contribution in [2.24, 2.45) is 23.0 Å². The van der Waals surface area contributed by atoms with Crippen LogP contribution < -0.4 is 26.4 Å². The smallest absolute Gasteiger partial charge is 0.347 e. The number of amides is 3. The van der Waals surface area contributed by atoms with E-state index in [0.29, 0.717) is 56.3 Å². The van der Waals surface area contributed by atoms with Gasteiger partial charge < -0.3 is 41.0 Å². The number of hydrogen-bond acceptors (Lipinski definition) is 13. The van der Waals surface area contributed by atoms with Gasteiger partial charge >= 0.3 is 17.9 Å². The molecule has 0 heterocycles. The van der Waals surface area contributed by atoms with Gasteiger partial charge in [-0.25, -0.2) is 9.59 Å². The zero-order valence-corrected chi connectivity index (χ0v) is 44.0. The largest absolute Gasteiger partial charge is 0.507 e. The molecule has 16 heteroatoms. The molecule has 0 aliphatic heterocycles. The number of rotatable bonds is 36. The van der Waals surface area contributed by atoms with Crippen molar-refractivity contribution in [1.29, 1.82) is 0 Å². The number of carbonyl (C=O) groups is 6. The van der Waals surface area contributed by atoms with Crippen molar-refractivity contribution in [2.75, 3.05) is 44.3 Å². The van der Waals surface area contributed by atoms with Gasteiger partial charge in [0, 0.05) is 55.8 Å². The number of nitrogens with one attached hydrogen (secondary N) is 3. The molecule has 0 aromatic heterocycles. The second-order valence-electron chi connectivity index (χ2n) is 17.8. The normalized spacial score (nSPS) is 12.8. The number of para-hydroxylation sites is 2. The van der Waals surface area contributed by atoms with Crippen molar-refractivity contribution < 1.29 is 48.1 Å². The highest BCUT2D eigenvalue weighted by atomic mass is 33.1. The molecule has 0 saturated heterocycles. The minimum atomic E-state index is -1.52. The summed E-state index contributed by atoms with van der Waals surface area (Å²) in [6.45, 7) is 10.6. The third-order valence-electron chi connectivity index (χ3n) is 10.5. The Bertz CT molecular complexity index is 2080. The Hall–Kier alpha value is -5.58. The van der Waals surface area contributed by atoms with Crippen LogP contribution in [-0.4, -0.2) is 91.1 Å². The number of unbranched alkanes of at least 4 members (excludes halogenated alkanes) is 1. The van der Waals surface area contributed by atoms with Gasteiger partial charge in [-0.2, -0.15) is 0 Å². The minimum absolute atomic E-state index is 0.00309. The number of hydrogen-bond donors (Lipinski definition) is 5. The van der Waals surface area contributed by atoms with Crippen molar-refractivity contribution >= 4 is 57.2 Å². The van der Waals surface area contributed by atoms with Crippen molar-refractivity contribution in [3.05, 3.63) is 120 Å². The number of ether oxygens (including phenoxy) is 3. The summed E-state index contributed by atoms with van der Waals surface area (Å²) in [7, 11) is 3.15. The molecule has 71 heavy (non-hydrogen) atoms. The summed E-state index contributed by atoms with van der Waals surface area (Å²) in [5.74, 6) is -1.94. The van der Waals surface area contributed by atoms with Crippen LogP contribution in [-0.2, 0) is 28.7 Å². The van der Waals surface area contributed by atoms with Gasteiger partial charge in [-0.05, 0) is 94.0 Å². The van der Waals surface area contributed by atoms with Gasteiger partial charge in [0.25, 0.3) is 5.91 Å². The van der Waals surface area contributed by atoms with Crippen LogP contribution >= 0.6 is 21.6 Å². The minimum Gasteiger partial charge on any atom is -0.507 e. The molecule has 3 amide bonds. The summed E-state index contributed by atoms with van der Waals surface area (Å²) in [5.41, 5.74) is 4.27. The van der Waals surface area contributed by atoms with E-state index in [0.717, 1.165) is 38.5 Å². The van der Waals surface area contributed by atoms with Crippen molar-refractivity contribution in [2.45, 2.75) is 111 Å². The van der Waals surface area contributed by atoms with E-state index < -0.39 is 35.3 Å². The molecule has 390 valence electrons. The maximum Gasteiger partial charge on any atom is 0.347 e. The lowest BCUT2D eigenvalue weighted by atomic mass is 9.86. The molecule has 2 rings (SSSR count). The maximum absolute atomic E-state index is 13.8. The fraction of sp³-hybridized carbons (Fsp3) is 0.491. The highest BCUT2D eigenvalue weighted by molar-refractivity contribution is 8.76. The first-order chi connectivity index (χ1) is 34.2. The van der Waals surface area contributed by atoms with Crippen LogP contribution in [0.4, 0.5) is 0 Å². The van der Waals surface area contributed by atoms with E-state index in [1.54, 1.807) is 47.6 Å². The number of nitrogens with two attached hydrogens (primary N) is 1. The summed E-state index contributed by atoms with van der Waals surface area (Å²) < 4.78 is 16.9. The van der Waals surface area contributed by atoms with Gasteiger partial charge in [-0.3, -0.25) is 19.2 Å². The van der Waals surface area contributed by atoms with Gasteiger partial charge in [0.15, 0.2) is 6.10 Å². The third kappa shape index (κ3) is 28.2. The number of aromatic hydroxyl groups is 1. The molecular formula is C55H78N4O10S2. The lowest BCUT2D eigenvalue weighted by molar-refractivity contribution is -0.153. The molecule has 0 aliphatic rings. The molecule has 0 fully saturated rings. The summed E-state index contributed by atoms with van der Waals surface area (Å²) in [4.78, 5) is 78.4. The van der Waals surface area contributed by atoms with Crippen LogP contribution in [0.3, 0.4) is 0 Å². The maximum atomic E-state index is 13.8. The number of esters is 3. The first kappa shape index (κ1) is 61.5. The molecule has 0 radical (unpaired) electrons. The van der Waals surface area contributed by atoms with E-state index in [-0.39, 0.29) is 66.4 Å².